The Morgan fingerprint density at radius 2 is 2.43 bits per heavy atom. The van der Waals surface area contributed by atoms with Gasteiger partial charge >= 0.3 is 0 Å². The largest absolute Gasteiger partial charge is 0.385 e. The molecule has 2 N–H and O–H groups in total. The van der Waals surface area contributed by atoms with Crippen LogP contribution in [0, 0.1) is 0 Å². The van der Waals surface area contributed by atoms with Crippen LogP contribution in [0.15, 0.2) is 0 Å². The van der Waals surface area contributed by atoms with Crippen molar-refractivity contribution in [1.29, 1.82) is 0 Å². The molecule has 0 rings (SSSR count). The van der Waals surface area contributed by atoms with Crippen molar-refractivity contribution in [2.75, 3.05) is 13.7 Å². The average Bonchev–Trinajstić information content (AvgIpc) is 1.61. The lowest BCUT2D eigenvalue weighted by molar-refractivity contribution is 0.109. The molecule has 1 unspecified atom stereocenters. The molecule has 3 nitrogen and oxygen atoms in total. The van der Waals surface area contributed by atoms with Crippen molar-refractivity contribution < 1.29 is 9.84 Å². The summed E-state index contributed by atoms with van der Waals surface area (Å²) < 4.78 is 4.57. The standard InChI is InChI=1S/C4H10NO2/c1-7-3-2-4(5)6/h4-6H,2-3H2,1H3. The van der Waals surface area contributed by atoms with Crippen LogP contribution in [0.5, 0.6) is 0 Å². The summed E-state index contributed by atoms with van der Waals surface area (Å²) in [6, 6.07) is 0. The van der Waals surface area contributed by atoms with Crippen LogP contribution in [0.25, 0.3) is 0 Å². The molecule has 0 amide bonds. The van der Waals surface area contributed by atoms with Gasteiger partial charge < -0.3 is 9.84 Å². The van der Waals surface area contributed by atoms with E-state index in [1.807, 2.05) is 0 Å². The highest BCUT2D eigenvalue weighted by Crippen LogP contribution is 1.82. The molecule has 1 radical (unpaired) electrons. The van der Waals surface area contributed by atoms with Gasteiger partial charge in [0, 0.05) is 20.1 Å². The average molecular weight is 104 g/mol. The van der Waals surface area contributed by atoms with Gasteiger partial charge in [0.05, 0.1) is 0 Å². The van der Waals surface area contributed by atoms with Crippen molar-refractivity contribution >= 4 is 0 Å². The summed E-state index contributed by atoms with van der Waals surface area (Å²) in [6.45, 7) is 0.463. The maximum atomic E-state index is 8.27. The van der Waals surface area contributed by atoms with Gasteiger partial charge in [-0.05, 0) is 0 Å². The van der Waals surface area contributed by atoms with Crippen molar-refractivity contribution in [3.63, 3.8) is 0 Å². The first-order chi connectivity index (χ1) is 3.27. The molecule has 1 atom stereocenters. The van der Waals surface area contributed by atoms with E-state index < -0.39 is 6.23 Å². The van der Waals surface area contributed by atoms with Crippen LogP contribution >= 0.6 is 0 Å². The van der Waals surface area contributed by atoms with E-state index in [0.29, 0.717) is 13.0 Å². The van der Waals surface area contributed by atoms with Crippen LogP contribution in [0.1, 0.15) is 6.42 Å². The van der Waals surface area contributed by atoms with Crippen molar-refractivity contribution in [3.05, 3.63) is 0 Å². The van der Waals surface area contributed by atoms with E-state index in [-0.39, 0.29) is 0 Å². The maximum Gasteiger partial charge on any atom is 0.119 e. The normalized spacial score (nSPS) is 14.1. The number of methoxy groups -OCH3 is 1. The van der Waals surface area contributed by atoms with Crippen LogP contribution < -0.4 is 5.73 Å². The second-order valence-electron chi connectivity index (χ2n) is 1.30. The lowest BCUT2D eigenvalue weighted by Gasteiger charge is -1.98. The summed E-state index contributed by atoms with van der Waals surface area (Å²) in [6.07, 6.45) is -0.573. The first kappa shape index (κ1) is 6.88. The fourth-order valence-corrected chi connectivity index (χ4v) is 0.229. The Hall–Kier alpha value is -0.120. The first-order valence-corrected chi connectivity index (χ1v) is 2.15. The van der Waals surface area contributed by atoms with E-state index in [1.54, 1.807) is 7.11 Å². The van der Waals surface area contributed by atoms with Crippen molar-refractivity contribution in [1.82, 2.24) is 5.73 Å². The zero-order valence-electron chi connectivity index (χ0n) is 4.35. The van der Waals surface area contributed by atoms with Crippen LogP contribution in [-0.4, -0.2) is 25.1 Å². The topological polar surface area (TPSA) is 53.3 Å². The molecular weight excluding hydrogens is 94.0 g/mol. The number of aliphatic hydroxyl groups excluding tert-OH is 1. The summed E-state index contributed by atoms with van der Waals surface area (Å²) in [5.74, 6) is 0. The Labute approximate surface area is 43.1 Å². The van der Waals surface area contributed by atoms with Gasteiger partial charge in [-0.3, -0.25) is 0 Å². The molecule has 0 aliphatic rings. The highest BCUT2D eigenvalue weighted by atomic mass is 16.5. The summed E-state index contributed by atoms with van der Waals surface area (Å²) in [5.41, 5.74) is 6.56. The minimum absolute atomic E-state index is 0.399. The number of hydrogen-bond acceptors (Lipinski definition) is 2. The van der Waals surface area contributed by atoms with Gasteiger partial charge in [0.15, 0.2) is 0 Å². The third-order valence-electron chi connectivity index (χ3n) is 0.595. The molecular formula is C4H10NO2. The van der Waals surface area contributed by atoms with Gasteiger partial charge in [0.1, 0.15) is 6.23 Å². The summed E-state index contributed by atoms with van der Waals surface area (Å²) in [5, 5.41) is 8.27. The zero-order chi connectivity index (χ0) is 5.70. The van der Waals surface area contributed by atoms with E-state index in [4.69, 9.17) is 10.8 Å². The molecule has 0 heterocycles. The molecule has 0 aromatic rings. The van der Waals surface area contributed by atoms with Crippen molar-refractivity contribution in [2.24, 2.45) is 0 Å². The maximum absolute atomic E-state index is 8.27. The van der Waals surface area contributed by atoms with Crippen LogP contribution in [0.2, 0.25) is 0 Å². The molecule has 3 heteroatoms. The minimum atomic E-state index is -0.972. The SMILES string of the molecule is COCCC([NH])O. The minimum Gasteiger partial charge on any atom is -0.385 e. The Balaban J connectivity index is 2.68. The molecule has 0 fully saturated rings. The molecule has 0 aromatic carbocycles. The first-order valence-electron chi connectivity index (χ1n) is 2.15. The molecule has 0 bridgehead atoms. The molecule has 43 valence electrons. The number of rotatable bonds is 3. The van der Waals surface area contributed by atoms with Crippen LogP contribution in [-0.2, 0) is 4.74 Å². The van der Waals surface area contributed by atoms with Gasteiger partial charge in [0.25, 0.3) is 0 Å². The second kappa shape index (κ2) is 4.05. The van der Waals surface area contributed by atoms with E-state index in [2.05, 4.69) is 4.74 Å². The van der Waals surface area contributed by atoms with E-state index >= 15 is 0 Å². The summed E-state index contributed by atoms with van der Waals surface area (Å²) in [4.78, 5) is 0. The monoisotopic (exact) mass is 104 g/mol. The fraction of sp³-hybridized carbons (Fsp3) is 1.00. The summed E-state index contributed by atoms with van der Waals surface area (Å²) >= 11 is 0. The van der Waals surface area contributed by atoms with E-state index in [1.165, 1.54) is 0 Å². The van der Waals surface area contributed by atoms with Gasteiger partial charge in [-0.1, -0.05) is 0 Å². The molecule has 0 aliphatic carbocycles. The predicted octanol–water partition coefficient (Wildman–Crippen LogP) is -0.376. The Bertz CT molecular complexity index is 38.7. The second-order valence-corrected chi connectivity index (χ2v) is 1.30. The Kier molecular flexibility index (Phi) is 3.98. The Morgan fingerprint density at radius 1 is 1.86 bits per heavy atom. The molecule has 0 saturated carbocycles. The molecule has 0 aromatic heterocycles. The molecule has 7 heavy (non-hydrogen) atoms. The smallest absolute Gasteiger partial charge is 0.119 e. The van der Waals surface area contributed by atoms with E-state index in [9.17, 15) is 0 Å². The highest BCUT2D eigenvalue weighted by Gasteiger charge is 1.91. The Morgan fingerprint density at radius 3 is 2.57 bits per heavy atom. The fourth-order valence-electron chi connectivity index (χ4n) is 0.229. The third-order valence-corrected chi connectivity index (χ3v) is 0.595. The summed E-state index contributed by atoms with van der Waals surface area (Å²) in [7, 11) is 1.54. The zero-order valence-corrected chi connectivity index (χ0v) is 4.35. The van der Waals surface area contributed by atoms with Crippen molar-refractivity contribution in [3.8, 4) is 0 Å². The van der Waals surface area contributed by atoms with Gasteiger partial charge in [0.2, 0.25) is 0 Å². The van der Waals surface area contributed by atoms with Crippen LogP contribution in [0.3, 0.4) is 0 Å². The van der Waals surface area contributed by atoms with Crippen LogP contribution in [0.4, 0.5) is 0 Å². The van der Waals surface area contributed by atoms with Gasteiger partial charge in [-0.2, -0.15) is 0 Å². The molecule has 0 spiro atoms. The number of nitrogens with one attached hydrogen (secondary N) is 1. The highest BCUT2D eigenvalue weighted by molar-refractivity contribution is 4.38. The molecule has 0 saturated heterocycles. The third kappa shape index (κ3) is 5.88. The van der Waals surface area contributed by atoms with Crippen molar-refractivity contribution in [2.45, 2.75) is 12.6 Å². The predicted molar refractivity (Wildman–Crippen MR) is 25.6 cm³/mol. The number of ether oxygens (including phenoxy) is 1. The van der Waals surface area contributed by atoms with E-state index in [0.717, 1.165) is 0 Å². The quantitative estimate of drug-likeness (QED) is 0.530. The van der Waals surface area contributed by atoms with Gasteiger partial charge in [-0.25, -0.2) is 5.73 Å². The lowest BCUT2D eigenvalue weighted by Crippen LogP contribution is -2.09. The lowest BCUT2D eigenvalue weighted by atomic mass is 10.4. The van der Waals surface area contributed by atoms with Gasteiger partial charge in [-0.15, -0.1) is 0 Å². The number of aliphatic hydroxyl groups is 1. The number of hydrogen-bond donors (Lipinski definition) is 1. The molecule has 0 aliphatic heterocycles.